The molecule has 0 aromatic rings. The van der Waals surface area contributed by atoms with Crippen molar-refractivity contribution in [3.8, 4) is 6.07 Å². The molecular formula is C11H19N3. The van der Waals surface area contributed by atoms with E-state index in [1.54, 1.807) is 0 Å². The molecule has 2 aliphatic rings. The Morgan fingerprint density at radius 1 is 1.43 bits per heavy atom. The molecule has 2 aliphatic carbocycles. The lowest BCUT2D eigenvalue weighted by Gasteiger charge is -2.31. The molecule has 78 valence electrons. The van der Waals surface area contributed by atoms with Gasteiger partial charge < -0.3 is 10.2 Å². The maximum absolute atomic E-state index is 9.30. The standard InChI is InChI=1S/C11H19N3/c1-13-11(7-12,9-3-4-9)8-14(2)10-5-6-10/h9-10,13H,3-6,8H2,1-2H3. The molecule has 2 saturated carbocycles. The summed E-state index contributed by atoms with van der Waals surface area (Å²) < 4.78 is 0. The highest BCUT2D eigenvalue weighted by molar-refractivity contribution is 5.16. The molecule has 0 heterocycles. The molecule has 1 N–H and O–H groups in total. The normalized spacial score (nSPS) is 25.9. The number of nitriles is 1. The third-order valence-electron chi connectivity index (χ3n) is 3.59. The summed E-state index contributed by atoms with van der Waals surface area (Å²) in [6.45, 7) is 0.884. The lowest BCUT2D eigenvalue weighted by Crippen LogP contribution is -2.52. The van der Waals surface area contributed by atoms with Crippen LogP contribution in [-0.4, -0.2) is 37.1 Å². The van der Waals surface area contributed by atoms with Crippen molar-refractivity contribution in [2.24, 2.45) is 5.92 Å². The third kappa shape index (κ3) is 1.77. The number of nitrogens with zero attached hydrogens (tertiary/aromatic N) is 2. The molecule has 3 nitrogen and oxygen atoms in total. The summed E-state index contributed by atoms with van der Waals surface area (Å²) in [7, 11) is 4.06. The minimum Gasteiger partial charge on any atom is -0.301 e. The molecule has 14 heavy (non-hydrogen) atoms. The third-order valence-corrected chi connectivity index (χ3v) is 3.59. The maximum atomic E-state index is 9.30. The van der Waals surface area contributed by atoms with Crippen LogP contribution < -0.4 is 5.32 Å². The van der Waals surface area contributed by atoms with Crippen LogP contribution in [-0.2, 0) is 0 Å². The molecule has 2 rings (SSSR count). The van der Waals surface area contributed by atoms with E-state index in [2.05, 4.69) is 23.3 Å². The van der Waals surface area contributed by atoms with Crippen molar-refractivity contribution in [2.45, 2.75) is 37.3 Å². The number of hydrogen-bond acceptors (Lipinski definition) is 3. The van der Waals surface area contributed by atoms with Gasteiger partial charge in [0.15, 0.2) is 0 Å². The summed E-state index contributed by atoms with van der Waals surface area (Å²) in [4.78, 5) is 2.35. The first-order valence-electron chi connectivity index (χ1n) is 5.52. The SMILES string of the molecule is CNC(C#N)(CN(C)C1CC1)C1CC1. The first-order valence-corrected chi connectivity index (χ1v) is 5.52. The quantitative estimate of drug-likeness (QED) is 0.707. The van der Waals surface area contributed by atoms with Crippen molar-refractivity contribution in [1.29, 1.82) is 5.26 Å². The van der Waals surface area contributed by atoms with Crippen LogP contribution in [0.15, 0.2) is 0 Å². The molecule has 1 atom stereocenters. The molecule has 0 bridgehead atoms. The Bertz CT molecular complexity index is 250. The van der Waals surface area contributed by atoms with Crippen LogP contribution in [0.5, 0.6) is 0 Å². The van der Waals surface area contributed by atoms with Crippen molar-refractivity contribution >= 4 is 0 Å². The number of likely N-dealkylation sites (N-methyl/N-ethyl adjacent to an activating group) is 2. The van der Waals surface area contributed by atoms with Gasteiger partial charge in [-0.25, -0.2) is 0 Å². The van der Waals surface area contributed by atoms with Gasteiger partial charge in [0.2, 0.25) is 0 Å². The van der Waals surface area contributed by atoms with E-state index in [9.17, 15) is 5.26 Å². The topological polar surface area (TPSA) is 39.1 Å². The Morgan fingerprint density at radius 2 is 2.07 bits per heavy atom. The first kappa shape index (κ1) is 9.95. The molecule has 0 aromatic heterocycles. The first-order chi connectivity index (χ1) is 6.72. The van der Waals surface area contributed by atoms with E-state index >= 15 is 0 Å². The summed E-state index contributed by atoms with van der Waals surface area (Å²) in [5.74, 6) is 0.582. The summed E-state index contributed by atoms with van der Waals surface area (Å²) in [5, 5.41) is 12.5. The van der Waals surface area contributed by atoms with E-state index in [1.165, 1.54) is 25.7 Å². The second-order valence-electron chi connectivity index (χ2n) is 4.75. The van der Waals surface area contributed by atoms with Crippen molar-refractivity contribution in [1.82, 2.24) is 10.2 Å². The van der Waals surface area contributed by atoms with Gasteiger partial charge in [0, 0.05) is 12.6 Å². The molecule has 0 aromatic carbocycles. The van der Waals surface area contributed by atoms with Crippen LogP contribution >= 0.6 is 0 Å². The predicted octanol–water partition coefficient (Wildman–Crippen LogP) is 0.972. The smallest absolute Gasteiger partial charge is 0.122 e. The van der Waals surface area contributed by atoms with Crippen LogP contribution in [0.2, 0.25) is 0 Å². The fourth-order valence-electron chi connectivity index (χ4n) is 2.21. The molecular weight excluding hydrogens is 174 g/mol. The number of rotatable bonds is 5. The lowest BCUT2D eigenvalue weighted by atomic mass is 9.94. The average Bonchev–Trinajstić information content (AvgIpc) is 3.07. The average molecular weight is 193 g/mol. The van der Waals surface area contributed by atoms with Gasteiger partial charge in [-0.15, -0.1) is 0 Å². The minimum absolute atomic E-state index is 0.280. The van der Waals surface area contributed by atoms with Gasteiger partial charge in [-0.05, 0) is 45.7 Å². The Labute approximate surface area is 86.1 Å². The Kier molecular flexibility index (Phi) is 2.50. The highest BCUT2D eigenvalue weighted by Crippen LogP contribution is 2.40. The zero-order valence-corrected chi connectivity index (χ0v) is 9.08. The van der Waals surface area contributed by atoms with E-state index in [1.807, 2.05) is 7.05 Å². The molecule has 0 aliphatic heterocycles. The highest BCUT2D eigenvalue weighted by atomic mass is 15.2. The van der Waals surface area contributed by atoms with Crippen molar-refractivity contribution < 1.29 is 0 Å². The zero-order chi connectivity index (χ0) is 10.2. The monoisotopic (exact) mass is 193 g/mol. The second kappa shape index (κ2) is 3.52. The maximum Gasteiger partial charge on any atom is 0.122 e. The van der Waals surface area contributed by atoms with E-state index in [4.69, 9.17) is 0 Å². The summed E-state index contributed by atoms with van der Waals surface area (Å²) in [5.41, 5.74) is -0.280. The molecule has 0 saturated heterocycles. The fourth-order valence-corrected chi connectivity index (χ4v) is 2.21. The molecule has 2 fully saturated rings. The fraction of sp³-hybridized carbons (Fsp3) is 0.909. The van der Waals surface area contributed by atoms with Gasteiger partial charge in [0.1, 0.15) is 5.54 Å². The van der Waals surface area contributed by atoms with Gasteiger partial charge in [-0.3, -0.25) is 0 Å². The number of nitrogens with one attached hydrogen (secondary N) is 1. The van der Waals surface area contributed by atoms with Crippen LogP contribution in [0.1, 0.15) is 25.7 Å². The lowest BCUT2D eigenvalue weighted by molar-refractivity contribution is 0.230. The van der Waals surface area contributed by atoms with Crippen LogP contribution in [0, 0.1) is 17.2 Å². The van der Waals surface area contributed by atoms with Crippen LogP contribution in [0.4, 0.5) is 0 Å². The number of hydrogen-bond donors (Lipinski definition) is 1. The van der Waals surface area contributed by atoms with Gasteiger partial charge in [0.05, 0.1) is 6.07 Å². The van der Waals surface area contributed by atoms with Crippen molar-refractivity contribution in [3.05, 3.63) is 0 Å². The highest BCUT2D eigenvalue weighted by Gasteiger charge is 2.46. The molecule has 1 unspecified atom stereocenters. The van der Waals surface area contributed by atoms with Crippen molar-refractivity contribution in [3.63, 3.8) is 0 Å². The zero-order valence-electron chi connectivity index (χ0n) is 9.08. The molecule has 0 amide bonds. The molecule has 3 heteroatoms. The largest absolute Gasteiger partial charge is 0.301 e. The minimum atomic E-state index is -0.280. The van der Waals surface area contributed by atoms with Gasteiger partial charge in [-0.2, -0.15) is 5.26 Å². The predicted molar refractivity (Wildman–Crippen MR) is 55.8 cm³/mol. The van der Waals surface area contributed by atoms with Crippen LogP contribution in [0.25, 0.3) is 0 Å². The summed E-state index contributed by atoms with van der Waals surface area (Å²) in [6, 6.07) is 3.23. The van der Waals surface area contributed by atoms with E-state index in [-0.39, 0.29) is 5.54 Å². The Hall–Kier alpha value is -0.590. The van der Waals surface area contributed by atoms with E-state index in [0.29, 0.717) is 5.92 Å². The van der Waals surface area contributed by atoms with Gasteiger partial charge in [0.25, 0.3) is 0 Å². The summed E-state index contributed by atoms with van der Waals surface area (Å²) >= 11 is 0. The molecule has 0 radical (unpaired) electrons. The second-order valence-corrected chi connectivity index (χ2v) is 4.75. The van der Waals surface area contributed by atoms with Crippen molar-refractivity contribution in [2.75, 3.05) is 20.6 Å². The van der Waals surface area contributed by atoms with Crippen LogP contribution in [0.3, 0.4) is 0 Å². The molecule has 0 spiro atoms. The Balaban J connectivity index is 1.98. The van der Waals surface area contributed by atoms with Gasteiger partial charge in [-0.1, -0.05) is 0 Å². The van der Waals surface area contributed by atoms with E-state index < -0.39 is 0 Å². The van der Waals surface area contributed by atoms with E-state index in [0.717, 1.165) is 12.6 Å². The Morgan fingerprint density at radius 3 is 2.43 bits per heavy atom. The summed E-state index contributed by atoms with van der Waals surface area (Å²) in [6.07, 6.45) is 5.05. The van der Waals surface area contributed by atoms with Gasteiger partial charge >= 0.3 is 0 Å².